The molecule has 0 radical (unpaired) electrons. The van der Waals surface area contributed by atoms with Gasteiger partial charge in [-0.3, -0.25) is 4.79 Å². The Bertz CT molecular complexity index is 296. The third-order valence-corrected chi connectivity index (χ3v) is 2.79. The normalized spacial score (nSPS) is 10.4. The molecule has 0 saturated heterocycles. The highest BCUT2D eigenvalue weighted by Crippen LogP contribution is 2.10. The van der Waals surface area contributed by atoms with Crippen molar-refractivity contribution in [3.63, 3.8) is 0 Å². The molecule has 14 heavy (non-hydrogen) atoms. The van der Waals surface area contributed by atoms with Crippen LogP contribution in [-0.4, -0.2) is 24.5 Å². The van der Waals surface area contributed by atoms with Crippen LogP contribution in [0.25, 0.3) is 0 Å². The highest BCUT2D eigenvalue weighted by atomic mass is 32.1. The molecular formula is C10H15NO2S. The van der Waals surface area contributed by atoms with Crippen molar-refractivity contribution in [2.24, 2.45) is 0 Å². The smallest absolute Gasteiger partial charge is 0.139 e. The molecule has 1 aromatic rings. The van der Waals surface area contributed by atoms with Crippen molar-refractivity contribution < 1.29 is 9.53 Å². The number of aromatic nitrogens is 1. The van der Waals surface area contributed by atoms with E-state index < -0.39 is 0 Å². The molecular weight excluding hydrogens is 198 g/mol. The molecule has 0 bridgehead atoms. The van der Waals surface area contributed by atoms with E-state index in [0.29, 0.717) is 19.4 Å². The van der Waals surface area contributed by atoms with Gasteiger partial charge in [-0.1, -0.05) is 0 Å². The van der Waals surface area contributed by atoms with Crippen molar-refractivity contribution >= 4 is 17.1 Å². The molecule has 0 aromatic carbocycles. The van der Waals surface area contributed by atoms with Crippen LogP contribution in [0.2, 0.25) is 0 Å². The lowest BCUT2D eigenvalue weighted by Gasteiger charge is -1.97. The van der Waals surface area contributed by atoms with E-state index in [0.717, 1.165) is 17.1 Å². The van der Waals surface area contributed by atoms with Gasteiger partial charge in [0, 0.05) is 31.2 Å². The fraction of sp³-hybridized carbons (Fsp3) is 0.600. The number of hydrogen-bond donors (Lipinski definition) is 0. The number of hydrogen-bond acceptors (Lipinski definition) is 4. The quantitative estimate of drug-likeness (QED) is 0.678. The summed E-state index contributed by atoms with van der Waals surface area (Å²) in [5.74, 6) is 0.247. The van der Waals surface area contributed by atoms with Gasteiger partial charge in [-0.05, 0) is 13.3 Å². The van der Waals surface area contributed by atoms with E-state index in [2.05, 4.69) is 4.98 Å². The Balaban J connectivity index is 2.27. The van der Waals surface area contributed by atoms with Crippen molar-refractivity contribution in [3.05, 3.63) is 16.1 Å². The van der Waals surface area contributed by atoms with Gasteiger partial charge in [0.2, 0.25) is 0 Å². The zero-order valence-corrected chi connectivity index (χ0v) is 9.39. The van der Waals surface area contributed by atoms with Crippen molar-refractivity contribution in [2.45, 2.75) is 26.2 Å². The van der Waals surface area contributed by atoms with Gasteiger partial charge in [0.05, 0.1) is 6.42 Å². The molecule has 1 heterocycles. The fourth-order valence-electron chi connectivity index (χ4n) is 1.15. The van der Waals surface area contributed by atoms with Gasteiger partial charge in [-0.15, -0.1) is 11.3 Å². The number of thiazole rings is 1. The zero-order chi connectivity index (χ0) is 10.4. The first-order valence-electron chi connectivity index (χ1n) is 4.64. The second-order valence-electron chi connectivity index (χ2n) is 3.19. The summed E-state index contributed by atoms with van der Waals surface area (Å²) in [4.78, 5) is 15.7. The van der Waals surface area contributed by atoms with E-state index in [1.807, 2.05) is 12.3 Å². The van der Waals surface area contributed by atoms with Crippen LogP contribution in [0.15, 0.2) is 5.38 Å². The molecule has 1 rings (SSSR count). The van der Waals surface area contributed by atoms with Crippen LogP contribution in [0.1, 0.15) is 23.5 Å². The van der Waals surface area contributed by atoms with Crippen molar-refractivity contribution in [1.29, 1.82) is 0 Å². The average molecular weight is 213 g/mol. The summed E-state index contributed by atoms with van der Waals surface area (Å²) >= 11 is 1.55. The lowest BCUT2D eigenvalue weighted by atomic mass is 10.2. The second-order valence-corrected chi connectivity index (χ2v) is 4.14. The molecule has 0 aliphatic rings. The van der Waals surface area contributed by atoms with Gasteiger partial charge in [0.25, 0.3) is 0 Å². The minimum atomic E-state index is 0.247. The average Bonchev–Trinajstić information content (AvgIpc) is 2.52. The summed E-state index contributed by atoms with van der Waals surface area (Å²) in [7, 11) is 1.65. The Morgan fingerprint density at radius 3 is 3.00 bits per heavy atom. The van der Waals surface area contributed by atoms with Gasteiger partial charge in [0.1, 0.15) is 10.8 Å². The number of nitrogens with zero attached hydrogens (tertiary/aromatic N) is 1. The molecule has 0 aliphatic carbocycles. The van der Waals surface area contributed by atoms with Gasteiger partial charge < -0.3 is 4.74 Å². The molecule has 0 N–H and O–H groups in total. The summed E-state index contributed by atoms with van der Waals surface area (Å²) in [6.07, 6.45) is 1.87. The van der Waals surface area contributed by atoms with Crippen LogP contribution in [0.3, 0.4) is 0 Å². The Kier molecular flexibility index (Phi) is 4.76. The Morgan fingerprint density at radius 2 is 2.43 bits per heavy atom. The van der Waals surface area contributed by atoms with Gasteiger partial charge in [0.15, 0.2) is 0 Å². The van der Waals surface area contributed by atoms with Gasteiger partial charge >= 0.3 is 0 Å². The summed E-state index contributed by atoms with van der Waals surface area (Å²) in [5.41, 5.74) is 0.995. The minimum absolute atomic E-state index is 0.247. The van der Waals surface area contributed by atoms with E-state index >= 15 is 0 Å². The first kappa shape index (κ1) is 11.3. The monoisotopic (exact) mass is 213 g/mol. The van der Waals surface area contributed by atoms with Crippen LogP contribution >= 0.6 is 11.3 Å². The Hall–Kier alpha value is -0.740. The lowest BCUT2D eigenvalue weighted by molar-refractivity contribution is -0.118. The van der Waals surface area contributed by atoms with Crippen LogP contribution in [-0.2, 0) is 16.0 Å². The van der Waals surface area contributed by atoms with Crippen LogP contribution in [0.4, 0.5) is 0 Å². The Morgan fingerprint density at radius 1 is 1.64 bits per heavy atom. The minimum Gasteiger partial charge on any atom is -0.385 e. The number of Topliss-reactive ketones (excluding diaryl/α,β-unsaturated/α-hetero) is 1. The molecule has 0 saturated carbocycles. The number of ether oxygens (including phenoxy) is 1. The summed E-state index contributed by atoms with van der Waals surface area (Å²) in [6, 6.07) is 0. The molecule has 0 fully saturated rings. The number of methoxy groups -OCH3 is 1. The van der Waals surface area contributed by atoms with E-state index in [1.54, 1.807) is 18.4 Å². The number of carbonyl (C=O) groups is 1. The maximum absolute atomic E-state index is 11.4. The number of rotatable bonds is 6. The molecule has 78 valence electrons. The molecule has 0 spiro atoms. The molecule has 4 heteroatoms. The number of aryl methyl sites for hydroxylation is 1. The van der Waals surface area contributed by atoms with Gasteiger partial charge in [-0.2, -0.15) is 0 Å². The van der Waals surface area contributed by atoms with Crippen molar-refractivity contribution in [3.8, 4) is 0 Å². The van der Waals surface area contributed by atoms with Gasteiger partial charge in [-0.25, -0.2) is 4.98 Å². The lowest BCUT2D eigenvalue weighted by Crippen LogP contribution is -2.03. The first-order valence-corrected chi connectivity index (χ1v) is 5.52. The molecule has 0 amide bonds. The fourth-order valence-corrected chi connectivity index (χ4v) is 1.95. The van der Waals surface area contributed by atoms with Crippen molar-refractivity contribution in [1.82, 2.24) is 4.98 Å². The standard InChI is InChI=1S/C10H15NO2S/c1-8-7-14-10(11-8)6-9(12)4-3-5-13-2/h7H,3-6H2,1-2H3. The molecule has 3 nitrogen and oxygen atoms in total. The zero-order valence-electron chi connectivity index (χ0n) is 8.58. The molecule has 0 atom stereocenters. The topological polar surface area (TPSA) is 39.2 Å². The largest absolute Gasteiger partial charge is 0.385 e. The highest BCUT2D eigenvalue weighted by molar-refractivity contribution is 7.09. The van der Waals surface area contributed by atoms with E-state index in [-0.39, 0.29) is 5.78 Å². The maximum atomic E-state index is 11.4. The SMILES string of the molecule is COCCCC(=O)Cc1nc(C)cs1. The van der Waals surface area contributed by atoms with Crippen LogP contribution in [0.5, 0.6) is 0 Å². The first-order chi connectivity index (χ1) is 6.72. The second kappa shape index (κ2) is 5.88. The van der Waals surface area contributed by atoms with Crippen LogP contribution < -0.4 is 0 Å². The molecule has 1 aromatic heterocycles. The molecule has 0 aliphatic heterocycles. The van der Waals surface area contributed by atoms with E-state index in [1.165, 1.54) is 0 Å². The highest BCUT2D eigenvalue weighted by Gasteiger charge is 2.06. The number of carbonyl (C=O) groups excluding carboxylic acids is 1. The van der Waals surface area contributed by atoms with E-state index in [9.17, 15) is 4.79 Å². The Labute approximate surface area is 88.1 Å². The molecule has 0 unspecified atom stereocenters. The summed E-state index contributed by atoms with van der Waals surface area (Å²) in [5, 5.41) is 2.89. The summed E-state index contributed by atoms with van der Waals surface area (Å²) < 4.78 is 4.88. The van der Waals surface area contributed by atoms with Crippen LogP contribution in [0, 0.1) is 6.92 Å². The predicted molar refractivity (Wildman–Crippen MR) is 56.7 cm³/mol. The third-order valence-electron chi connectivity index (χ3n) is 1.82. The van der Waals surface area contributed by atoms with Crippen molar-refractivity contribution in [2.75, 3.05) is 13.7 Å². The summed E-state index contributed by atoms with van der Waals surface area (Å²) in [6.45, 7) is 2.60. The maximum Gasteiger partial charge on any atom is 0.139 e. The predicted octanol–water partition coefficient (Wildman–Crippen LogP) is 1.99. The van der Waals surface area contributed by atoms with E-state index in [4.69, 9.17) is 4.74 Å². The third kappa shape index (κ3) is 3.98. The number of ketones is 1.